The van der Waals surface area contributed by atoms with Gasteiger partial charge in [0.1, 0.15) is 0 Å². The van der Waals surface area contributed by atoms with Crippen LogP contribution in [-0.4, -0.2) is 44.4 Å². The van der Waals surface area contributed by atoms with Crippen LogP contribution in [0.4, 0.5) is 0 Å². The zero-order chi connectivity index (χ0) is 11.4. The van der Waals surface area contributed by atoms with Gasteiger partial charge in [-0.3, -0.25) is 0 Å². The van der Waals surface area contributed by atoms with Gasteiger partial charge in [0, 0.05) is 6.61 Å². The molecule has 0 fully saturated rings. The number of aliphatic hydroxyl groups excluding tert-OH is 1. The van der Waals surface area contributed by atoms with E-state index in [1.807, 2.05) is 0 Å². The molecule has 0 saturated heterocycles. The lowest BCUT2D eigenvalue weighted by Crippen LogP contribution is -2.25. The lowest BCUT2D eigenvalue weighted by molar-refractivity contribution is -0.168. The molecule has 0 aliphatic rings. The Labute approximate surface area is 91.8 Å². The van der Waals surface area contributed by atoms with Gasteiger partial charge >= 0.3 is 0 Å². The molecule has 0 saturated carbocycles. The first kappa shape index (κ1) is 14.6. The fraction of sp³-hybridized carbons (Fsp3) is 0.818. The van der Waals surface area contributed by atoms with Crippen LogP contribution in [0.25, 0.3) is 0 Å². The molecule has 0 aliphatic carbocycles. The smallest absolute Gasteiger partial charge is 0.181 e. The predicted molar refractivity (Wildman–Crippen MR) is 58.7 cm³/mol. The summed E-state index contributed by atoms with van der Waals surface area (Å²) in [5, 5.41) is 8.55. The first-order valence-corrected chi connectivity index (χ1v) is 5.37. The molecule has 1 unspecified atom stereocenters. The van der Waals surface area contributed by atoms with E-state index in [1.54, 1.807) is 6.08 Å². The predicted octanol–water partition coefficient (Wildman–Crippen LogP) is 1.34. The maximum Gasteiger partial charge on any atom is 0.181 e. The van der Waals surface area contributed by atoms with Gasteiger partial charge in [0.05, 0.1) is 26.4 Å². The molecule has 0 bridgehead atoms. The molecule has 0 rings (SSSR count). The summed E-state index contributed by atoms with van der Waals surface area (Å²) >= 11 is 0. The van der Waals surface area contributed by atoms with E-state index >= 15 is 0 Å². The van der Waals surface area contributed by atoms with Crippen LogP contribution in [0.2, 0.25) is 0 Å². The molecule has 0 spiro atoms. The van der Waals surface area contributed by atoms with Gasteiger partial charge in [-0.2, -0.15) is 0 Å². The minimum atomic E-state index is -0.360. The standard InChI is InChI=1S/C11H22O4/c1-3-5-8-15-11(14-7-4-2)10-13-9-6-12/h4,11-12H,2-3,5-10H2,1H3. The van der Waals surface area contributed by atoms with Crippen molar-refractivity contribution < 1.29 is 19.3 Å². The topological polar surface area (TPSA) is 47.9 Å². The number of unbranched alkanes of at least 4 members (excludes halogenated alkanes) is 1. The van der Waals surface area contributed by atoms with Gasteiger partial charge in [0.2, 0.25) is 0 Å². The number of rotatable bonds is 11. The molecule has 0 aromatic heterocycles. The molecule has 4 nitrogen and oxygen atoms in total. The Hall–Kier alpha value is -0.420. The summed E-state index contributed by atoms with van der Waals surface area (Å²) in [5.41, 5.74) is 0. The van der Waals surface area contributed by atoms with E-state index in [1.165, 1.54) is 0 Å². The normalized spacial score (nSPS) is 12.7. The van der Waals surface area contributed by atoms with Crippen LogP contribution in [0.5, 0.6) is 0 Å². The fourth-order valence-corrected chi connectivity index (χ4v) is 0.923. The molecule has 0 amide bonds. The lowest BCUT2D eigenvalue weighted by Gasteiger charge is -2.17. The highest BCUT2D eigenvalue weighted by molar-refractivity contribution is 4.64. The van der Waals surface area contributed by atoms with Gasteiger partial charge < -0.3 is 19.3 Å². The van der Waals surface area contributed by atoms with E-state index in [0.717, 1.165) is 12.8 Å². The van der Waals surface area contributed by atoms with Crippen LogP contribution in [-0.2, 0) is 14.2 Å². The van der Waals surface area contributed by atoms with Gasteiger partial charge in [-0.15, -0.1) is 6.58 Å². The first-order chi connectivity index (χ1) is 7.35. The molecule has 4 heteroatoms. The monoisotopic (exact) mass is 218 g/mol. The quantitative estimate of drug-likeness (QED) is 0.323. The third-order valence-electron chi connectivity index (χ3n) is 1.69. The highest BCUT2D eigenvalue weighted by atomic mass is 16.7. The van der Waals surface area contributed by atoms with Gasteiger partial charge in [-0.1, -0.05) is 19.4 Å². The SMILES string of the molecule is C=CCOC(COCCO)OCCCC. The maximum atomic E-state index is 8.55. The Morgan fingerprint density at radius 1 is 1.33 bits per heavy atom. The third-order valence-corrected chi connectivity index (χ3v) is 1.69. The zero-order valence-electron chi connectivity index (χ0n) is 9.48. The first-order valence-electron chi connectivity index (χ1n) is 5.37. The van der Waals surface area contributed by atoms with Crippen molar-refractivity contribution in [1.82, 2.24) is 0 Å². The van der Waals surface area contributed by atoms with Crippen LogP contribution >= 0.6 is 0 Å². The molecular formula is C11H22O4. The van der Waals surface area contributed by atoms with E-state index in [2.05, 4.69) is 13.5 Å². The van der Waals surface area contributed by atoms with Crippen LogP contribution in [0.1, 0.15) is 19.8 Å². The molecule has 0 radical (unpaired) electrons. The molecular weight excluding hydrogens is 196 g/mol. The third kappa shape index (κ3) is 9.87. The molecule has 90 valence electrons. The number of hydrogen-bond acceptors (Lipinski definition) is 4. The van der Waals surface area contributed by atoms with Crippen LogP contribution in [0.3, 0.4) is 0 Å². The van der Waals surface area contributed by atoms with E-state index < -0.39 is 0 Å². The van der Waals surface area contributed by atoms with Crippen molar-refractivity contribution in [2.75, 3.05) is 33.0 Å². The van der Waals surface area contributed by atoms with E-state index in [9.17, 15) is 0 Å². The Kier molecular flexibility index (Phi) is 11.3. The van der Waals surface area contributed by atoms with Crippen molar-refractivity contribution in [3.05, 3.63) is 12.7 Å². The van der Waals surface area contributed by atoms with Crippen molar-refractivity contribution in [1.29, 1.82) is 0 Å². The highest BCUT2D eigenvalue weighted by Gasteiger charge is 2.08. The number of hydrogen-bond donors (Lipinski definition) is 1. The van der Waals surface area contributed by atoms with Crippen molar-refractivity contribution >= 4 is 0 Å². The number of aliphatic hydroxyl groups is 1. The molecule has 0 heterocycles. The summed E-state index contributed by atoms with van der Waals surface area (Å²) in [6.07, 6.45) is 3.41. The minimum Gasteiger partial charge on any atom is -0.394 e. The molecule has 1 atom stereocenters. The van der Waals surface area contributed by atoms with Crippen LogP contribution < -0.4 is 0 Å². The summed E-state index contributed by atoms with van der Waals surface area (Å²) in [6, 6.07) is 0. The largest absolute Gasteiger partial charge is 0.394 e. The number of ether oxygens (including phenoxy) is 3. The Bertz CT molecular complexity index is 129. The van der Waals surface area contributed by atoms with E-state index in [0.29, 0.717) is 26.4 Å². The zero-order valence-corrected chi connectivity index (χ0v) is 9.48. The Morgan fingerprint density at radius 3 is 2.73 bits per heavy atom. The summed E-state index contributed by atoms with van der Waals surface area (Å²) in [7, 11) is 0. The second kappa shape index (κ2) is 11.7. The Morgan fingerprint density at radius 2 is 2.13 bits per heavy atom. The van der Waals surface area contributed by atoms with Crippen molar-refractivity contribution in [3.8, 4) is 0 Å². The molecule has 0 aromatic rings. The van der Waals surface area contributed by atoms with Crippen LogP contribution in [0.15, 0.2) is 12.7 Å². The summed E-state index contributed by atoms with van der Waals surface area (Å²) in [6.45, 7) is 7.45. The average molecular weight is 218 g/mol. The minimum absolute atomic E-state index is 0.0170. The molecule has 0 aromatic carbocycles. The average Bonchev–Trinajstić information content (AvgIpc) is 2.25. The maximum absolute atomic E-state index is 8.55. The van der Waals surface area contributed by atoms with E-state index in [4.69, 9.17) is 19.3 Å². The summed E-state index contributed by atoms with van der Waals surface area (Å²) in [4.78, 5) is 0. The molecule has 1 N–H and O–H groups in total. The van der Waals surface area contributed by atoms with Gasteiger partial charge in [-0.25, -0.2) is 0 Å². The lowest BCUT2D eigenvalue weighted by atomic mass is 10.4. The molecule has 0 aliphatic heterocycles. The summed E-state index contributed by atoms with van der Waals surface area (Å²) < 4.78 is 15.9. The van der Waals surface area contributed by atoms with E-state index in [-0.39, 0.29) is 12.9 Å². The summed E-state index contributed by atoms with van der Waals surface area (Å²) in [5.74, 6) is 0. The van der Waals surface area contributed by atoms with Crippen molar-refractivity contribution in [2.24, 2.45) is 0 Å². The molecule has 15 heavy (non-hydrogen) atoms. The van der Waals surface area contributed by atoms with Gasteiger partial charge in [0.25, 0.3) is 0 Å². The highest BCUT2D eigenvalue weighted by Crippen LogP contribution is 1.99. The second-order valence-corrected chi connectivity index (χ2v) is 3.07. The Balaban J connectivity index is 3.57. The van der Waals surface area contributed by atoms with Crippen molar-refractivity contribution in [2.45, 2.75) is 26.1 Å². The fourth-order valence-electron chi connectivity index (χ4n) is 0.923. The van der Waals surface area contributed by atoms with Crippen molar-refractivity contribution in [3.63, 3.8) is 0 Å². The second-order valence-electron chi connectivity index (χ2n) is 3.07. The van der Waals surface area contributed by atoms with Gasteiger partial charge in [-0.05, 0) is 6.42 Å². The van der Waals surface area contributed by atoms with Crippen LogP contribution in [0, 0.1) is 0 Å². The van der Waals surface area contributed by atoms with Gasteiger partial charge in [0.15, 0.2) is 6.29 Å².